The first kappa shape index (κ1) is 18.7. The van der Waals surface area contributed by atoms with Crippen LogP contribution in [0.15, 0.2) is 103 Å². The van der Waals surface area contributed by atoms with Crippen molar-refractivity contribution in [1.29, 1.82) is 0 Å². The topological polar surface area (TPSA) is 0 Å². The summed E-state index contributed by atoms with van der Waals surface area (Å²) in [5, 5.41) is 5.59. The van der Waals surface area contributed by atoms with Crippen LogP contribution >= 0.6 is 7.26 Å². The Morgan fingerprint density at radius 1 is 0.357 bits per heavy atom. The molecule has 0 heterocycles. The minimum atomic E-state index is -1.97. The van der Waals surface area contributed by atoms with E-state index in [1.54, 1.807) is 0 Å². The molecule has 0 atom stereocenters. The summed E-state index contributed by atoms with van der Waals surface area (Å²) in [6.07, 6.45) is 0. The zero-order valence-corrected chi connectivity index (χ0v) is 17.7. The van der Waals surface area contributed by atoms with Gasteiger partial charge in [0.05, 0.1) is 0 Å². The number of aryl methyl sites for hydroxylation is 3. The average molecular weight is 381 g/mol. The maximum atomic E-state index is 2.33. The highest BCUT2D eigenvalue weighted by atomic mass is 31.2. The summed E-state index contributed by atoms with van der Waals surface area (Å²) in [7, 11) is -1.97. The van der Waals surface area contributed by atoms with Gasteiger partial charge in [-0.2, -0.15) is 0 Å². The fourth-order valence-corrected chi connectivity index (χ4v) is 8.05. The second-order valence-electron chi connectivity index (χ2n) is 7.51. The molecule has 0 aromatic heterocycles. The molecule has 0 aliphatic heterocycles. The first-order valence-corrected chi connectivity index (χ1v) is 11.6. The van der Waals surface area contributed by atoms with E-state index in [2.05, 4.69) is 124 Å². The van der Waals surface area contributed by atoms with Crippen molar-refractivity contribution in [1.82, 2.24) is 0 Å². The van der Waals surface area contributed by atoms with Crippen LogP contribution in [-0.4, -0.2) is 0 Å². The van der Waals surface area contributed by atoms with E-state index in [0.29, 0.717) is 0 Å². The van der Waals surface area contributed by atoms with E-state index in [-0.39, 0.29) is 0 Å². The Hall–Kier alpha value is -2.69. The van der Waals surface area contributed by atoms with Gasteiger partial charge in [-0.3, -0.25) is 0 Å². The van der Waals surface area contributed by atoms with Crippen molar-refractivity contribution in [3.05, 3.63) is 120 Å². The van der Waals surface area contributed by atoms with Crippen LogP contribution in [0.1, 0.15) is 16.7 Å². The monoisotopic (exact) mass is 381 g/mol. The molecule has 4 aromatic carbocycles. The summed E-state index contributed by atoms with van der Waals surface area (Å²) in [6.45, 7) is 6.47. The molecule has 0 saturated heterocycles. The Labute approximate surface area is 169 Å². The molecule has 0 bridgehead atoms. The van der Waals surface area contributed by atoms with Crippen LogP contribution in [0.3, 0.4) is 0 Å². The second kappa shape index (κ2) is 7.74. The molecule has 138 valence electrons. The van der Waals surface area contributed by atoms with Gasteiger partial charge in [-0.1, -0.05) is 71.3 Å². The lowest BCUT2D eigenvalue weighted by Gasteiger charge is -2.28. The van der Waals surface area contributed by atoms with Crippen molar-refractivity contribution in [2.75, 3.05) is 0 Å². The summed E-state index contributed by atoms with van der Waals surface area (Å²) in [5.41, 5.74) is 3.88. The predicted molar refractivity (Wildman–Crippen MR) is 125 cm³/mol. The quantitative estimate of drug-likeness (QED) is 0.425. The summed E-state index contributed by atoms with van der Waals surface area (Å²) in [6, 6.07) is 38.5. The Morgan fingerprint density at radius 3 is 0.964 bits per heavy atom. The van der Waals surface area contributed by atoms with Crippen LogP contribution in [-0.2, 0) is 0 Å². The van der Waals surface area contributed by atoms with Crippen LogP contribution < -0.4 is 21.2 Å². The summed E-state index contributed by atoms with van der Waals surface area (Å²) < 4.78 is 0. The van der Waals surface area contributed by atoms with Gasteiger partial charge in [0.25, 0.3) is 0 Å². The van der Waals surface area contributed by atoms with Gasteiger partial charge in [0.15, 0.2) is 0 Å². The third-order valence-corrected chi connectivity index (χ3v) is 9.70. The van der Waals surface area contributed by atoms with Crippen molar-refractivity contribution < 1.29 is 0 Å². The van der Waals surface area contributed by atoms with E-state index >= 15 is 0 Å². The molecule has 0 saturated carbocycles. The smallest absolute Gasteiger partial charge is 0.0620 e. The molecule has 0 amide bonds. The van der Waals surface area contributed by atoms with Crippen molar-refractivity contribution in [3.63, 3.8) is 0 Å². The third kappa shape index (κ3) is 3.30. The Kier molecular flexibility index (Phi) is 5.16. The Bertz CT molecular complexity index is 933. The van der Waals surface area contributed by atoms with Crippen LogP contribution in [0.5, 0.6) is 0 Å². The molecular formula is C27H26P+. The largest absolute Gasteiger partial charge is 0.144 e. The highest BCUT2D eigenvalue weighted by Crippen LogP contribution is 2.54. The van der Waals surface area contributed by atoms with Crippen molar-refractivity contribution in [2.24, 2.45) is 0 Å². The molecule has 0 spiro atoms. The number of rotatable bonds is 4. The minimum absolute atomic E-state index is 1.29. The van der Waals surface area contributed by atoms with Crippen LogP contribution in [0, 0.1) is 20.8 Å². The first-order valence-electron chi connectivity index (χ1n) is 9.77. The Balaban J connectivity index is 2.11. The summed E-state index contributed by atoms with van der Waals surface area (Å²) in [4.78, 5) is 0. The van der Waals surface area contributed by atoms with Crippen molar-refractivity contribution in [2.45, 2.75) is 20.8 Å². The first-order chi connectivity index (χ1) is 13.6. The number of hydrogen-bond donors (Lipinski definition) is 0. The van der Waals surface area contributed by atoms with E-state index < -0.39 is 7.26 Å². The highest BCUT2D eigenvalue weighted by molar-refractivity contribution is 8.01. The zero-order valence-electron chi connectivity index (χ0n) is 16.8. The molecule has 0 aliphatic carbocycles. The van der Waals surface area contributed by atoms with E-state index in [4.69, 9.17) is 0 Å². The van der Waals surface area contributed by atoms with Gasteiger partial charge < -0.3 is 0 Å². The van der Waals surface area contributed by atoms with Gasteiger partial charge in [-0.25, -0.2) is 0 Å². The molecule has 0 N–H and O–H groups in total. The van der Waals surface area contributed by atoms with E-state index in [1.165, 1.54) is 37.9 Å². The highest BCUT2D eigenvalue weighted by Gasteiger charge is 2.47. The predicted octanol–water partition coefficient (Wildman–Crippen LogP) is 5.23. The van der Waals surface area contributed by atoms with E-state index in [9.17, 15) is 0 Å². The average Bonchev–Trinajstić information content (AvgIpc) is 2.73. The van der Waals surface area contributed by atoms with Gasteiger partial charge in [0.2, 0.25) is 0 Å². The van der Waals surface area contributed by atoms with Crippen molar-refractivity contribution in [3.8, 4) is 0 Å². The molecule has 28 heavy (non-hydrogen) atoms. The SMILES string of the molecule is Cc1ccc([P+](c2ccccc2)(c2ccc(C)cc2)c2ccc(C)cc2)cc1. The van der Waals surface area contributed by atoms with Crippen LogP contribution in [0.4, 0.5) is 0 Å². The van der Waals surface area contributed by atoms with E-state index in [1.807, 2.05) is 0 Å². The Morgan fingerprint density at radius 2 is 0.643 bits per heavy atom. The maximum Gasteiger partial charge on any atom is 0.144 e. The lowest BCUT2D eigenvalue weighted by Crippen LogP contribution is -2.38. The number of hydrogen-bond acceptors (Lipinski definition) is 0. The molecule has 0 radical (unpaired) electrons. The van der Waals surface area contributed by atoms with E-state index in [0.717, 1.165) is 0 Å². The van der Waals surface area contributed by atoms with Crippen molar-refractivity contribution >= 4 is 28.5 Å². The lowest BCUT2D eigenvalue weighted by molar-refractivity contribution is 1.48. The molecule has 4 rings (SSSR count). The lowest BCUT2D eigenvalue weighted by atomic mass is 10.2. The minimum Gasteiger partial charge on any atom is -0.0620 e. The molecular weight excluding hydrogens is 355 g/mol. The van der Waals surface area contributed by atoms with Crippen LogP contribution in [0.2, 0.25) is 0 Å². The molecule has 0 unspecified atom stereocenters. The fourth-order valence-electron chi connectivity index (χ4n) is 3.85. The maximum absolute atomic E-state index is 2.33. The van der Waals surface area contributed by atoms with Crippen LogP contribution in [0.25, 0.3) is 0 Å². The summed E-state index contributed by atoms with van der Waals surface area (Å²) in [5.74, 6) is 0. The second-order valence-corrected chi connectivity index (χ2v) is 10.9. The standard InChI is InChI=1S/C27H26P/c1-21-9-15-25(16-10-21)28(24-7-5-4-6-8-24,26-17-11-22(2)12-18-26)27-19-13-23(3)14-20-27/h4-20H,1-3H3/q+1. The molecule has 0 fully saturated rings. The van der Waals surface area contributed by atoms with Gasteiger partial charge in [-0.15, -0.1) is 0 Å². The fraction of sp³-hybridized carbons (Fsp3) is 0.111. The third-order valence-electron chi connectivity index (χ3n) is 5.41. The zero-order chi connectivity index (χ0) is 19.6. The normalized spacial score (nSPS) is 11.4. The van der Waals surface area contributed by atoms with Gasteiger partial charge in [-0.05, 0) is 69.3 Å². The van der Waals surface area contributed by atoms with Gasteiger partial charge in [0.1, 0.15) is 28.5 Å². The van der Waals surface area contributed by atoms with Gasteiger partial charge >= 0.3 is 0 Å². The molecule has 1 heteroatoms. The molecule has 0 aliphatic rings. The number of benzene rings is 4. The van der Waals surface area contributed by atoms with Gasteiger partial charge in [0, 0.05) is 0 Å². The molecule has 4 aromatic rings. The molecule has 0 nitrogen and oxygen atoms in total. The summed E-state index contributed by atoms with van der Waals surface area (Å²) >= 11 is 0.